The first-order chi connectivity index (χ1) is 14.0. The van der Waals surface area contributed by atoms with Crippen LogP contribution in [-0.2, 0) is 9.53 Å². The Bertz CT molecular complexity index is 1020. The molecular weight excluding hydrogens is 380 g/mol. The molecule has 0 fully saturated rings. The second kappa shape index (κ2) is 9.32. The van der Waals surface area contributed by atoms with Gasteiger partial charge in [-0.3, -0.25) is 4.79 Å². The fourth-order valence-electron chi connectivity index (χ4n) is 2.31. The highest BCUT2D eigenvalue weighted by Crippen LogP contribution is 2.20. The van der Waals surface area contributed by atoms with Gasteiger partial charge in [-0.05, 0) is 48.5 Å². The zero-order valence-corrected chi connectivity index (χ0v) is 15.0. The molecule has 0 saturated carbocycles. The maximum absolute atomic E-state index is 13.5. The predicted molar refractivity (Wildman–Crippen MR) is 102 cm³/mol. The third-order valence-electron chi connectivity index (χ3n) is 3.69. The van der Waals surface area contributed by atoms with Crippen molar-refractivity contribution in [3.8, 4) is 0 Å². The van der Waals surface area contributed by atoms with E-state index in [9.17, 15) is 18.4 Å². The Labute approximate surface area is 164 Å². The Morgan fingerprint density at radius 1 is 0.793 bits per heavy atom. The quantitative estimate of drug-likeness (QED) is 0.462. The minimum Gasteiger partial charge on any atom is -0.452 e. The summed E-state index contributed by atoms with van der Waals surface area (Å²) in [4.78, 5) is 23.7. The van der Waals surface area contributed by atoms with Gasteiger partial charge >= 0.3 is 5.97 Å². The molecule has 146 valence electrons. The fourth-order valence-corrected chi connectivity index (χ4v) is 2.31. The zero-order chi connectivity index (χ0) is 20.6. The molecule has 0 radical (unpaired) electrons. The van der Waals surface area contributed by atoms with Gasteiger partial charge in [0.2, 0.25) is 0 Å². The lowest BCUT2D eigenvalue weighted by Gasteiger charge is -2.08. The van der Waals surface area contributed by atoms with Crippen LogP contribution in [0.5, 0.6) is 0 Å². The van der Waals surface area contributed by atoms with Crippen LogP contribution in [0.4, 0.5) is 25.8 Å². The summed E-state index contributed by atoms with van der Waals surface area (Å²) >= 11 is 0. The number of carbonyl (C=O) groups excluding carboxylic acids is 2. The molecule has 0 aromatic heterocycles. The molecule has 29 heavy (non-hydrogen) atoms. The van der Waals surface area contributed by atoms with E-state index in [0.717, 1.165) is 18.2 Å². The van der Waals surface area contributed by atoms with Crippen LogP contribution in [0.1, 0.15) is 10.4 Å². The average Bonchev–Trinajstić information content (AvgIpc) is 2.72. The van der Waals surface area contributed by atoms with Crippen molar-refractivity contribution in [2.45, 2.75) is 0 Å². The van der Waals surface area contributed by atoms with Gasteiger partial charge in [0.25, 0.3) is 5.91 Å². The predicted octanol–water partition coefficient (Wildman–Crippen LogP) is 5.18. The highest BCUT2D eigenvalue weighted by atomic mass is 19.1. The van der Waals surface area contributed by atoms with E-state index in [1.807, 2.05) is 30.3 Å². The van der Waals surface area contributed by atoms with Crippen LogP contribution in [-0.4, -0.2) is 18.5 Å². The number of hydrogen-bond donors (Lipinski definition) is 1. The molecule has 0 unspecified atom stereocenters. The summed E-state index contributed by atoms with van der Waals surface area (Å²) in [6.07, 6.45) is 0. The maximum Gasteiger partial charge on any atom is 0.344 e. The van der Waals surface area contributed by atoms with Crippen LogP contribution in [0, 0.1) is 11.6 Å². The van der Waals surface area contributed by atoms with Crippen molar-refractivity contribution in [2.24, 2.45) is 10.2 Å². The minimum absolute atomic E-state index is 0.432. The molecule has 0 spiro atoms. The number of ether oxygens (including phenoxy) is 1. The smallest absolute Gasteiger partial charge is 0.344 e. The van der Waals surface area contributed by atoms with Gasteiger partial charge in [0.1, 0.15) is 17.2 Å². The number of nitrogens with one attached hydrogen (secondary N) is 1. The van der Waals surface area contributed by atoms with E-state index >= 15 is 0 Å². The van der Waals surface area contributed by atoms with E-state index < -0.39 is 35.7 Å². The molecule has 6 nitrogen and oxygen atoms in total. The van der Waals surface area contributed by atoms with Gasteiger partial charge < -0.3 is 10.1 Å². The lowest BCUT2D eigenvalue weighted by molar-refractivity contribution is -0.119. The van der Waals surface area contributed by atoms with Gasteiger partial charge in [-0.1, -0.05) is 24.3 Å². The molecular formula is C21H15F2N3O3. The first-order valence-electron chi connectivity index (χ1n) is 8.51. The second-order valence-corrected chi connectivity index (χ2v) is 5.80. The summed E-state index contributed by atoms with van der Waals surface area (Å²) in [5.41, 5.74) is 0.876. The van der Waals surface area contributed by atoms with Crippen molar-refractivity contribution in [3.05, 3.63) is 90.0 Å². The average molecular weight is 395 g/mol. The molecule has 0 aliphatic carbocycles. The molecule has 1 amide bonds. The van der Waals surface area contributed by atoms with Gasteiger partial charge in [0.15, 0.2) is 6.61 Å². The van der Waals surface area contributed by atoms with Crippen molar-refractivity contribution in [2.75, 3.05) is 11.9 Å². The molecule has 3 aromatic rings. The normalized spacial score (nSPS) is 10.7. The molecule has 1 N–H and O–H groups in total. The SMILES string of the molecule is O=C(COC(=O)c1c(F)cccc1F)Nc1ccc(N=Nc2ccccc2)cc1. The summed E-state index contributed by atoms with van der Waals surface area (Å²) in [5, 5.41) is 10.7. The molecule has 3 rings (SSSR count). The van der Waals surface area contributed by atoms with E-state index in [2.05, 4.69) is 20.3 Å². The third kappa shape index (κ3) is 5.52. The Morgan fingerprint density at radius 2 is 1.38 bits per heavy atom. The highest BCUT2D eigenvalue weighted by molar-refractivity contribution is 5.95. The molecule has 0 bridgehead atoms. The number of amides is 1. The van der Waals surface area contributed by atoms with E-state index in [1.54, 1.807) is 24.3 Å². The zero-order valence-electron chi connectivity index (χ0n) is 15.0. The molecule has 0 atom stereocenters. The molecule has 0 aliphatic heterocycles. The topological polar surface area (TPSA) is 80.1 Å². The number of halogens is 2. The molecule has 3 aromatic carbocycles. The number of rotatable bonds is 6. The van der Waals surface area contributed by atoms with Crippen LogP contribution < -0.4 is 5.32 Å². The molecule has 0 saturated heterocycles. The first-order valence-corrected chi connectivity index (χ1v) is 8.51. The summed E-state index contributed by atoms with van der Waals surface area (Å²) in [6.45, 7) is -0.692. The summed E-state index contributed by atoms with van der Waals surface area (Å²) < 4.78 is 31.7. The van der Waals surface area contributed by atoms with Crippen molar-refractivity contribution >= 4 is 28.9 Å². The monoisotopic (exact) mass is 395 g/mol. The lowest BCUT2D eigenvalue weighted by Crippen LogP contribution is -2.21. The summed E-state index contributed by atoms with van der Waals surface area (Å²) in [5.74, 6) is -4.03. The summed E-state index contributed by atoms with van der Waals surface area (Å²) in [7, 11) is 0. The Balaban J connectivity index is 1.53. The van der Waals surface area contributed by atoms with Crippen LogP contribution in [0.2, 0.25) is 0 Å². The number of benzene rings is 3. The van der Waals surface area contributed by atoms with Crippen molar-refractivity contribution < 1.29 is 23.1 Å². The minimum atomic E-state index is -1.26. The van der Waals surface area contributed by atoms with Gasteiger partial charge in [0.05, 0.1) is 11.4 Å². The molecule has 0 aliphatic rings. The van der Waals surface area contributed by atoms with Gasteiger partial charge in [-0.25, -0.2) is 13.6 Å². The van der Waals surface area contributed by atoms with E-state index in [4.69, 9.17) is 0 Å². The number of carbonyl (C=O) groups is 2. The van der Waals surface area contributed by atoms with Crippen molar-refractivity contribution in [1.82, 2.24) is 0 Å². The first kappa shape index (κ1) is 19.8. The Kier molecular flexibility index (Phi) is 6.36. The van der Waals surface area contributed by atoms with Crippen LogP contribution in [0.25, 0.3) is 0 Å². The summed E-state index contributed by atoms with van der Waals surface area (Å²) in [6, 6.07) is 18.6. The van der Waals surface area contributed by atoms with E-state index in [1.165, 1.54) is 0 Å². The molecule has 8 heteroatoms. The maximum atomic E-state index is 13.5. The number of esters is 1. The molecule has 0 heterocycles. The van der Waals surface area contributed by atoms with E-state index in [-0.39, 0.29) is 0 Å². The van der Waals surface area contributed by atoms with Crippen LogP contribution in [0.15, 0.2) is 83.0 Å². The van der Waals surface area contributed by atoms with Gasteiger partial charge in [0, 0.05) is 5.69 Å². The largest absolute Gasteiger partial charge is 0.452 e. The number of hydrogen-bond acceptors (Lipinski definition) is 5. The van der Waals surface area contributed by atoms with Crippen LogP contribution in [0.3, 0.4) is 0 Å². The lowest BCUT2D eigenvalue weighted by atomic mass is 10.2. The van der Waals surface area contributed by atoms with Gasteiger partial charge in [-0.15, -0.1) is 0 Å². The second-order valence-electron chi connectivity index (χ2n) is 5.80. The Hall–Kier alpha value is -3.94. The highest BCUT2D eigenvalue weighted by Gasteiger charge is 2.19. The standard InChI is InChI=1S/C21H15F2N3O3/c22-17-7-4-8-18(23)20(17)21(28)29-13-19(27)24-14-9-11-16(12-10-14)26-25-15-5-2-1-3-6-15/h1-12H,13H2,(H,24,27). The third-order valence-corrected chi connectivity index (χ3v) is 3.69. The van der Waals surface area contributed by atoms with Crippen molar-refractivity contribution in [1.29, 1.82) is 0 Å². The van der Waals surface area contributed by atoms with Crippen LogP contribution >= 0.6 is 0 Å². The number of nitrogens with zero attached hydrogens (tertiary/aromatic N) is 2. The number of anilines is 1. The number of azo groups is 1. The fraction of sp³-hybridized carbons (Fsp3) is 0.0476. The van der Waals surface area contributed by atoms with E-state index in [0.29, 0.717) is 17.1 Å². The Morgan fingerprint density at radius 3 is 2.00 bits per heavy atom. The van der Waals surface area contributed by atoms with Crippen molar-refractivity contribution in [3.63, 3.8) is 0 Å². The van der Waals surface area contributed by atoms with Gasteiger partial charge in [-0.2, -0.15) is 10.2 Å².